The summed E-state index contributed by atoms with van der Waals surface area (Å²) < 4.78 is 30.5. The van der Waals surface area contributed by atoms with Crippen molar-refractivity contribution in [2.24, 2.45) is 0 Å². The largest absolute Gasteiger partial charge is 0.368 e. The summed E-state index contributed by atoms with van der Waals surface area (Å²) in [5.74, 6) is 0.642. The van der Waals surface area contributed by atoms with E-state index in [4.69, 9.17) is 20.3 Å². The van der Waals surface area contributed by atoms with Gasteiger partial charge in [0.15, 0.2) is 17.0 Å². The number of alkyl halides is 1. The second kappa shape index (κ2) is 8.05. The summed E-state index contributed by atoms with van der Waals surface area (Å²) in [6.07, 6.45) is -0.441. The van der Waals surface area contributed by atoms with Crippen LogP contribution in [-0.4, -0.2) is 61.5 Å². The predicted octanol–water partition coefficient (Wildman–Crippen LogP) is 0.745. The molecular weight excluding hydrogens is 354 g/mol. The van der Waals surface area contributed by atoms with Crippen LogP contribution in [0.4, 0.5) is 16.2 Å². The maximum atomic E-state index is 13.1. The van der Waals surface area contributed by atoms with E-state index in [-0.39, 0.29) is 12.5 Å². The van der Waals surface area contributed by atoms with Crippen molar-refractivity contribution in [2.75, 3.05) is 36.7 Å². The minimum absolute atomic E-state index is 0.0128. The molecule has 0 saturated heterocycles. The number of imidazole rings is 1. The second-order valence-corrected chi connectivity index (χ2v) is 6.97. The Kier molecular flexibility index (Phi) is 6.28. The van der Waals surface area contributed by atoms with E-state index in [0.717, 1.165) is 0 Å². The number of nitrogens with two attached hydrogens (primary N) is 1. The van der Waals surface area contributed by atoms with Gasteiger partial charge >= 0.3 is 7.60 Å². The standard InChI is InChI=1S/C13H22FN6O4P/c1-3-19(4-2)11-10-12(18-13(15)17-11)20(7-16-10)6-9(5-14)24-8-25(21,22)23/h7,9H,3-6,8H2,1-2H3,(H2,15,17,18)(H2,21,22,23)/t9-/m0/s1. The fourth-order valence-corrected chi connectivity index (χ4v) is 2.80. The molecule has 0 aromatic carbocycles. The van der Waals surface area contributed by atoms with Crippen molar-refractivity contribution in [3.63, 3.8) is 0 Å². The Labute approximate surface area is 144 Å². The van der Waals surface area contributed by atoms with Gasteiger partial charge in [0.25, 0.3) is 0 Å². The molecule has 0 aliphatic heterocycles. The highest BCUT2D eigenvalue weighted by molar-refractivity contribution is 7.51. The van der Waals surface area contributed by atoms with Crippen molar-refractivity contribution in [1.82, 2.24) is 19.5 Å². The number of nitrogen functional groups attached to an aromatic ring is 1. The first-order chi connectivity index (χ1) is 11.8. The Balaban J connectivity index is 2.31. The highest BCUT2D eigenvalue weighted by atomic mass is 31.2. The highest BCUT2D eigenvalue weighted by Gasteiger charge is 2.21. The van der Waals surface area contributed by atoms with E-state index in [1.54, 1.807) is 0 Å². The summed E-state index contributed by atoms with van der Waals surface area (Å²) in [6.45, 7) is 4.42. The van der Waals surface area contributed by atoms with Crippen LogP contribution in [0.3, 0.4) is 0 Å². The topological polar surface area (TPSA) is 140 Å². The molecular formula is C13H22FN6O4P. The molecule has 0 aliphatic carbocycles. The van der Waals surface area contributed by atoms with Crippen molar-refractivity contribution in [2.45, 2.75) is 26.5 Å². The third-order valence-corrected chi connectivity index (χ3v) is 4.06. The van der Waals surface area contributed by atoms with E-state index in [0.29, 0.717) is 30.1 Å². The zero-order valence-electron chi connectivity index (χ0n) is 14.0. The number of hydrogen-bond acceptors (Lipinski definition) is 7. The van der Waals surface area contributed by atoms with Crippen LogP contribution in [0, 0.1) is 0 Å². The van der Waals surface area contributed by atoms with Crippen LogP contribution >= 0.6 is 7.60 Å². The fraction of sp³-hybridized carbons (Fsp3) is 0.615. The smallest absolute Gasteiger partial charge is 0.350 e. The maximum Gasteiger partial charge on any atom is 0.350 e. The second-order valence-electron chi connectivity index (χ2n) is 5.38. The van der Waals surface area contributed by atoms with Gasteiger partial charge in [-0.3, -0.25) is 4.57 Å². The molecule has 2 aromatic rings. The van der Waals surface area contributed by atoms with E-state index in [1.165, 1.54) is 10.9 Å². The van der Waals surface area contributed by atoms with Crippen LogP contribution in [0.5, 0.6) is 0 Å². The first-order valence-electron chi connectivity index (χ1n) is 7.74. The van der Waals surface area contributed by atoms with Gasteiger partial charge in [-0.05, 0) is 13.8 Å². The number of fused-ring (bicyclic) bond motifs is 1. The molecule has 2 heterocycles. The lowest BCUT2D eigenvalue weighted by Gasteiger charge is -2.20. The third kappa shape index (κ3) is 4.85. The SMILES string of the molecule is CCN(CC)c1nc(N)nc2c1ncn2C[C@H](CF)OCP(=O)(O)O. The number of nitrogens with zero attached hydrogens (tertiary/aromatic N) is 5. The van der Waals surface area contributed by atoms with E-state index >= 15 is 0 Å². The van der Waals surface area contributed by atoms with Crippen molar-refractivity contribution in [1.29, 1.82) is 0 Å². The number of ether oxygens (including phenoxy) is 1. The van der Waals surface area contributed by atoms with Gasteiger partial charge in [0.1, 0.15) is 19.1 Å². The Morgan fingerprint density at radius 2 is 2.08 bits per heavy atom. The Morgan fingerprint density at radius 3 is 2.64 bits per heavy atom. The molecule has 0 unspecified atom stereocenters. The molecule has 0 spiro atoms. The molecule has 0 amide bonds. The Hall–Kier alpha value is -1.81. The molecule has 1 atom stereocenters. The minimum Gasteiger partial charge on any atom is -0.368 e. The maximum absolute atomic E-state index is 13.1. The van der Waals surface area contributed by atoms with Gasteiger partial charge in [-0.15, -0.1) is 0 Å². The summed E-state index contributed by atoms with van der Waals surface area (Å²) in [4.78, 5) is 32.3. The van der Waals surface area contributed by atoms with Crippen molar-refractivity contribution in [3.05, 3.63) is 6.33 Å². The molecule has 140 valence electrons. The molecule has 4 N–H and O–H groups in total. The molecule has 0 radical (unpaired) electrons. The molecule has 0 saturated carbocycles. The summed E-state index contributed by atoms with van der Waals surface area (Å²) in [6, 6.07) is 0. The lowest BCUT2D eigenvalue weighted by atomic mass is 10.3. The fourth-order valence-electron chi connectivity index (χ4n) is 2.39. The van der Waals surface area contributed by atoms with Gasteiger partial charge in [-0.25, -0.2) is 9.37 Å². The zero-order valence-corrected chi connectivity index (χ0v) is 14.9. The quantitative estimate of drug-likeness (QED) is 0.541. The number of anilines is 2. The summed E-state index contributed by atoms with van der Waals surface area (Å²) >= 11 is 0. The average Bonchev–Trinajstić information content (AvgIpc) is 2.94. The first kappa shape index (κ1) is 19.5. The van der Waals surface area contributed by atoms with Crippen LogP contribution in [0.15, 0.2) is 6.33 Å². The number of hydrogen-bond donors (Lipinski definition) is 3. The summed E-state index contributed by atoms with van der Waals surface area (Å²) in [5, 5.41) is 0. The van der Waals surface area contributed by atoms with Crippen LogP contribution in [0.25, 0.3) is 11.2 Å². The highest BCUT2D eigenvalue weighted by Crippen LogP contribution is 2.34. The van der Waals surface area contributed by atoms with Crippen molar-refractivity contribution >= 4 is 30.5 Å². The summed E-state index contributed by atoms with van der Waals surface area (Å²) in [7, 11) is -4.37. The molecule has 12 heteroatoms. The number of rotatable bonds is 9. The van der Waals surface area contributed by atoms with Crippen LogP contribution in [0.1, 0.15) is 13.8 Å². The van der Waals surface area contributed by atoms with E-state index in [1.807, 2.05) is 18.7 Å². The lowest BCUT2D eigenvalue weighted by molar-refractivity contribution is 0.0445. The van der Waals surface area contributed by atoms with Gasteiger partial charge in [-0.1, -0.05) is 0 Å². The molecule has 10 nitrogen and oxygen atoms in total. The zero-order chi connectivity index (χ0) is 18.6. The van der Waals surface area contributed by atoms with E-state index in [2.05, 4.69) is 15.0 Å². The molecule has 2 aromatic heterocycles. The Bertz CT molecular complexity index is 762. The third-order valence-electron chi connectivity index (χ3n) is 3.58. The lowest BCUT2D eigenvalue weighted by Crippen LogP contribution is -2.24. The van der Waals surface area contributed by atoms with Gasteiger partial charge in [0, 0.05) is 13.1 Å². The summed E-state index contributed by atoms with van der Waals surface area (Å²) in [5.41, 5.74) is 6.71. The molecule has 2 rings (SSSR count). The molecule has 0 aliphatic rings. The molecule has 25 heavy (non-hydrogen) atoms. The van der Waals surface area contributed by atoms with Gasteiger partial charge in [0.05, 0.1) is 12.9 Å². The van der Waals surface area contributed by atoms with Gasteiger partial charge in [-0.2, -0.15) is 9.97 Å². The van der Waals surface area contributed by atoms with Gasteiger partial charge in [0.2, 0.25) is 5.95 Å². The predicted molar refractivity (Wildman–Crippen MR) is 91.1 cm³/mol. The van der Waals surface area contributed by atoms with Crippen molar-refractivity contribution in [3.8, 4) is 0 Å². The first-order valence-corrected chi connectivity index (χ1v) is 9.54. The van der Waals surface area contributed by atoms with Crippen LogP contribution < -0.4 is 10.6 Å². The van der Waals surface area contributed by atoms with E-state index in [9.17, 15) is 8.96 Å². The van der Waals surface area contributed by atoms with E-state index < -0.39 is 26.7 Å². The molecule has 0 bridgehead atoms. The normalized spacial score (nSPS) is 13.3. The minimum atomic E-state index is -4.37. The van der Waals surface area contributed by atoms with Crippen LogP contribution in [0.2, 0.25) is 0 Å². The monoisotopic (exact) mass is 376 g/mol. The van der Waals surface area contributed by atoms with Crippen molar-refractivity contribution < 1.29 is 23.5 Å². The number of halogens is 1. The Morgan fingerprint density at radius 1 is 1.40 bits per heavy atom. The number of aromatic nitrogens is 4. The van der Waals surface area contributed by atoms with Crippen LogP contribution in [-0.2, 0) is 15.8 Å². The van der Waals surface area contributed by atoms with Gasteiger partial charge < -0.3 is 29.7 Å². The average molecular weight is 376 g/mol. The molecule has 0 fully saturated rings.